The normalized spacial score (nSPS) is 10.7. The molecule has 0 spiro atoms. The number of guanidine groups is 1. The zero-order valence-electron chi connectivity index (χ0n) is 19.9. The van der Waals surface area contributed by atoms with Gasteiger partial charge in [-0.15, -0.1) is 24.0 Å². The second-order valence-electron chi connectivity index (χ2n) is 7.32. The third kappa shape index (κ3) is 11.8. The van der Waals surface area contributed by atoms with Crippen LogP contribution in [0.4, 0.5) is 0 Å². The van der Waals surface area contributed by atoms with Crippen molar-refractivity contribution < 1.29 is 14.3 Å². The highest BCUT2D eigenvalue weighted by molar-refractivity contribution is 14.0. The highest BCUT2D eigenvalue weighted by Crippen LogP contribution is 2.14. The molecule has 0 radical (unpaired) electrons. The summed E-state index contributed by atoms with van der Waals surface area (Å²) in [6.07, 6.45) is 3.20. The number of nitrogens with one attached hydrogen (secondary N) is 3. The summed E-state index contributed by atoms with van der Waals surface area (Å²) in [6.45, 7) is 6.73. The number of halogens is 1. The van der Waals surface area contributed by atoms with Gasteiger partial charge in [0.25, 0.3) is 5.91 Å². The van der Waals surface area contributed by atoms with E-state index in [1.807, 2.05) is 43.3 Å². The number of aliphatic imine (C=N–C) groups is 1. The first-order chi connectivity index (χ1) is 15.6. The molecule has 0 aliphatic carbocycles. The number of likely N-dealkylation sites (N-methyl/N-ethyl adjacent to an activating group) is 1. The summed E-state index contributed by atoms with van der Waals surface area (Å²) < 4.78 is 10.8. The highest BCUT2D eigenvalue weighted by Gasteiger charge is 2.03. The molecular weight excluding hydrogens is 531 g/mol. The van der Waals surface area contributed by atoms with Crippen molar-refractivity contribution in [2.45, 2.75) is 39.7 Å². The van der Waals surface area contributed by atoms with E-state index in [0.717, 1.165) is 49.6 Å². The van der Waals surface area contributed by atoms with Crippen molar-refractivity contribution in [3.63, 3.8) is 0 Å². The standard InChI is InChI=1S/C25H36N4O3.HI/c1-4-26-24(30)19-32-23-11-8-10-21(17-23)18-29-25(27-5-2)28-16-7-6-9-20-12-14-22(31-3)15-13-20;/h8,10-15,17H,4-7,9,16,18-19H2,1-3H3,(H,26,30)(H2,27,28,29);1H. The van der Waals surface area contributed by atoms with Crippen LogP contribution in [0.25, 0.3) is 0 Å². The maximum absolute atomic E-state index is 11.6. The molecule has 2 aromatic carbocycles. The number of benzene rings is 2. The summed E-state index contributed by atoms with van der Waals surface area (Å²) in [6, 6.07) is 15.9. The molecule has 1 amide bonds. The first-order valence-electron chi connectivity index (χ1n) is 11.3. The summed E-state index contributed by atoms with van der Waals surface area (Å²) in [4.78, 5) is 16.2. The Bertz CT molecular complexity index is 844. The van der Waals surface area contributed by atoms with Gasteiger partial charge in [-0.25, -0.2) is 4.99 Å². The molecule has 33 heavy (non-hydrogen) atoms. The van der Waals surface area contributed by atoms with Crippen LogP contribution in [0.15, 0.2) is 53.5 Å². The maximum Gasteiger partial charge on any atom is 0.257 e. The van der Waals surface area contributed by atoms with Gasteiger partial charge in [0.1, 0.15) is 11.5 Å². The monoisotopic (exact) mass is 568 g/mol. The molecule has 0 aromatic heterocycles. The van der Waals surface area contributed by atoms with Crippen molar-refractivity contribution in [2.75, 3.05) is 33.4 Å². The first kappa shape index (κ1) is 28.5. The van der Waals surface area contributed by atoms with Crippen LogP contribution in [-0.4, -0.2) is 45.2 Å². The molecule has 3 N–H and O–H groups in total. The molecule has 0 bridgehead atoms. The number of unbranched alkanes of at least 4 members (excludes halogenated alkanes) is 1. The van der Waals surface area contributed by atoms with Gasteiger partial charge < -0.3 is 25.4 Å². The van der Waals surface area contributed by atoms with E-state index in [9.17, 15) is 4.79 Å². The number of methoxy groups -OCH3 is 1. The molecule has 2 aromatic rings. The van der Waals surface area contributed by atoms with Crippen LogP contribution in [0, 0.1) is 0 Å². The van der Waals surface area contributed by atoms with E-state index in [4.69, 9.17) is 9.47 Å². The molecule has 0 unspecified atom stereocenters. The SMILES string of the molecule is CCNC(=O)COc1cccc(CN=C(NCC)NCCCCc2ccc(OC)cc2)c1.I. The minimum atomic E-state index is -0.124. The Labute approximate surface area is 214 Å². The van der Waals surface area contributed by atoms with Crippen molar-refractivity contribution in [3.8, 4) is 11.5 Å². The van der Waals surface area contributed by atoms with Gasteiger partial charge in [0, 0.05) is 19.6 Å². The van der Waals surface area contributed by atoms with E-state index in [0.29, 0.717) is 18.8 Å². The lowest BCUT2D eigenvalue weighted by atomic mass is 10.1. The second kappa shape index (κ2) is 17.0. The summed E-state index contributed by atoms with van der Waals surface area (Å²) in [5.74, 6) is 2.23. The quantitative estimate of drug-likeness (QED) is 0.148. The van der Waals surface area contributed by atoms with Gasteiger partial charge in [-0.05, 0) is 68.5 Å². The topological polar surface area (TPSA) is 84.0 Å². The van der Waals surface area contributed by atoms with E-state index in [1.165, 1.54) is 5.56 Å². The zero-order chi connectivity index (χ0) is 23.0. The van der Waals surface area contributed by atoms with E-state index >= 15 is 0 Å². The van der Waals surface area contributed by atoms with Gasteiger partial charge in [-0.3, -0.25) is 4.79 Å². The molecule has 182 valence electrons. The van der Waals surface area contributed by atoms with Crippen LogP contribution in [0.5, 0.6) is 11.5 Å². The summed E-state index contributed by atoms with van der Waals surface area (Å²) in [5, 5.41) is 9.40. The summed E-state index contributed by atoms with van der Waals surface area (Å²) in [7, 11) is 1.68. The van der Waals surface area contributed by atoms with Crippen molar-refractivity contribution in [2.24, 2.45) is 4.99 Å². The Kier molecular flexibility index (Phi) is 14.7. The van der Waals surface area contributed by atoms with Crippen LogP contribution in [-0.2, 0) is 17.8 Å². The van der Waals surface area contributed by atoms with Crippen LogP contribution >= 0.6 is 24.0 Å². The number of ether oxygens (including phenoxy) is 2. The fraction of sp³-hybridized carbons (Fsp3) is 0.440. The molecule has 2 rings (SSSR count). The number of rotatable bonds is 13. The molecule has 0 saturated carbocycles. The Morgan fingerprint density at radius 2 is 1.67 bits per heavy atom. The van der Waals surface area contributed by atoms with Crippen LogP contribution in [0.1, 0.15) is 37.8 Å². The number of nitrogens with zero attached hydrogens (tertiary/aromatic N) is 1. The number of carbonyl (C=O) groups is 1. The third-order valence-corrected chi connectivity index (χ3v) is 4.75. The molecule has 7 nitrogen and oxygen atoms in total. The van der Waals surface area contributed by atoms with Crippen LogP contribution in [0.3, 0.4) is 0 Å². The van der Waals surface area contributed by atoms with E-state index in [2.05, 4.69) is 40.0 Å². The van der Waals surface area contributed by atoms with Crippen molar-refractivity contribution >= 4 is 35.8 Å². The van der Waals surface area contributed by atoms with Gasteiger partial charge >= 0.3 is 0 Å². The summed E-state index contributed by atoms with van der Waals surface area (Å²) in [5.41, 5.74) is 2.34. The number of hydrogen-bond acceptors (Lipinski definition) is 4. The van der Waals surface area contributed by atoms with Gasteiger partial charge in [-0.1, -0.05) is 24.3 Å². The van der Waals surface area contributed by atoms with Crippen LogP contribution < -0.4 is 25.4 Å². The van der Waals surface area contributed by atoms with E-state index < -0.39 is 0 Å². The fourth-order valence-electron chi connectivity index (χ4n) is 3.10. The molecule has 0 atom stereocenters. The zero-order valence-corrected chi connectivity index (χ0v) is 22.2. The number of carbonyl (C=O) groups excluding carboxylic acids is 1. The smallest absolute Gasteiger partial charge is 0.257 e. The Balaban J connectivity index is 0.00000544. The highest BCUT2D eigenvalue weighted by atomic mass is 127. The predicted octanol–water partition coefficient (Wildman–Crippen LogP) is 3.91. The first-order valence-corrected chi connectivity index (χ1v) is 11.3. The molecule has 0 aliphatic heterocycles. The molecule has 8 heteroatoms. The molecule has 0 aliphatic rings. The van der Waals surface area contributed by atoms with Crippen molar-refractivity contribution in [1.82, 2.24) is 16.0 Å². The largest absolute Gasteiger partial charge is 0.497 e. The fourth-order valence-corrected chi connectivity index (χ4v) is 3.10. The average Bonchev–Trinajstić information content (AvgIpc) is 2.82. The average molecular weight is 569 g/mol. The van der Waals surface area contributed by atoms with Gasteiger partial charge in [0.15, 0.2) is 12.6 Å². The predicted molar refractivity (Wildman–Crippen MR) is 145 cm³/mol. The Morgan fingerprint density at radius 3 is 2.36 bits per heavy atom. The van der Waals surface area contributed by atoms with Gasteiger partial charge in [-0.2, -0.15) is 0 Å². The lowest BCUT2D eigenvalue weighted by molar-refractivity contribution is -0.122. The lowest BCUT2D eigenvalue weighted by Crippen LogP contribution is -2.37. The number of amides is 1. The molecule has 0 heterocycles. The minimum absolute atomic E-state index is 0. The van der Waals surface area contributed by atoms with E-state index in [1.54, 1.807) is 7.11 Å². The lowest BCUT2D eigenvalue weighted by Gasteiger charge is -2.12. The van der Waals surface area contributed by atoms with Crippen LogP contribution in [0.2, 0.25) is 0 Å². The Hall–Kier alpha value is -2.49. The molecule has 0 saturated heterocycles. The van der Waals surface area contributed by atoms with E-state index in [-0.39, 0.29) is 36.5 Å². The summed E-state index contributed by atoms with van der Waals surface area (Å²) >= 11 is 0. The minimum Gasteiger partial charge on any atom is -0.497 e. The Morgan fingerprint density at radius 1 is 0.909 bits per heavy atom. The third-order valence-electron chi connectivity index (χ3n) is 4.75. The molecular formula is C25H37IN4O3. The maximum atomic E-state index is 11.6. The number of hydrogen-bond donors (Lipinski definition) is 3. The van der Waals surface area contributed by atoms with Crippen molar-refractivity contribution in [1.29, 1.82) is 0 Å². The van der Waals surface area contributed by atoms with Gasteiger partial charge in [0.2, 0.25) is 0 Å². The number of aryl methyl sites for hydroxylation is 1. The van der Waals surface area contributed by atoms with Crippen molar-refractivity contribution in [3.05, 3.63) is 59.7 Å². The second-order valence-corrected chi connectivity index (χ2v) is 7.32. The van der Waals surface area contributed by atoms with Gasteiger partial charge in [0.05, 0.1) is 13.7 Å². The molecule has 0 fully saturated rings.